The van der Waals surface area contributed by atoms with E-state index in [1.54, 1.807) is 39.0 Å². The predicted molar refractivity (Wildman–Crippen MR) is 134 cm³/mol. The van der Waals surface area contributed by atoms with Crippen LogP contribution in [0.25, 0.3) is 26.3 Å². The highest BCUT2D eigenvalue weighted by atomic mass is 35.5. The first-order valence-corrected chi connectivity index (χ1v) is 11.6. The standard InChI is InChI=1S/C25H23ClN2O5S/c1-25(2,3)33-22(29)13-32-19-10-9-17(11-20(19)31-4)28-14-27-18-12-21(34-23(18)24(28)30)15-5-7-16(26)8-6-15/h5-12,14H,13H2,1-4H3. The maximum absolute atomic E-state index is 13.2. The van der Waals surface area contributed by atoms with Crippen molar-refractivity contribution in [1.29, 1.82) is 0 Å². The molecular weight excluding hydrogens is 476 g/mol. The lowest BCUT2D eigenvalue weighted by molar-refractivity contribution is -0.157. The minimum atomic E-state index is -0.601. The van der Waals surface area contributed by atoms with Crippen LogP contribution in [0.15, 0.2) is 59.7 Å². The number of carbonyl (C=O) groups excluding carboxylic acids is 1. The number of hydrogen-bond acceptors (Lipinski definition) is 7. The third kappa shape index (κ3) is 5.24. The molecule has 0 N–H and O–H groups in total. The number of ether oxygens (including phenoxy) is 3. The topological polar surface area (TPSA) is 79.7 Å². The molecule has 176 valence electrons. The van der Waals surface area contributed by atoms with E-state index >= 15 is 0 Å². The third-order valence-corrected chi connectivity index (χ3v) is 6.17. The maximum Gasteiger partial charge on any atom is 0.344 e. The molecule has 2 heterocycles. The highest BCUT2D eigenvalue weighted by molar-refractivity contribution is 7.22. The zero-order valence-corrected chi connectivity index (χ0v) is 20.7. The van der Waals surface area contributed by atoms with E-state index in [4.69, 9.17) is 25.8 Å². The normalized spacial score (nSPS) is 11.4. The summed E-state index contributed by atoms with van der Waals surface area (Å²) in [6.45, 7) is 5.10. The summed E-state index contributed by atoms with van der Waals surface area (Å²) < 4.78 is 18.2. The molecule has 7 nitrogen and oxygen atoms in total. The zero-order chi connectivity index (χ0) is 24.5. The van der Waals surface area contributed by atoms with Crippen molar-refractivity contribution >= 4 is 39.1 Å². The number of esters is 1. The van der Waals surface area contributed by atoms with Crippen LogP contribution >= 0.6 is 22.9 Å². The molecule has 2 aromatic heterocycles. The molecule has 4 aromatic rings. The summed E-state index contributed by atoms with van der Waals surface area (Å²) in [7, 11) is 1.49. The Labute approximate surface area is 205 Å². The third-order valence-electron chi connectivity index (χ3n) is 4.76. The molecule has 34 heavy (non-hydrogen) atoms. The van der Waals surface area contributed by atoms with Gasteiger partial charge in [-0.05, 0) is 56.7 Å². The molecule has 9 heteroatoms. The monoisotopic (exact) mass is 498 g/mol. The highest BCUT2D eigenvalue weighted by Crippen LogP contribution is 2.33. The molecule has 0 spiro atoms. The Balaban J connectivity index is 1.62. The fourth-order valence-corrected chi connectivity index (χ4v) is 4.46. The number of methoxy groups -OCH3 is 1. The Bertz CT molecular complexity index is 1400. The number of thiophene rings is 1. The van der Waals surface area contributed by atoms with Gasteiger partial charge in [0, 0.05) is 16.0 Å². The number of carbonyl (C=O) groups is 1. The van der Waals surface area contributed by atoms with E-state index in [9.17, 15) is 9.59 Å². The summed E-state index contributed by atoms with van der Waals surface area (Å²) >= 11 is 7.36. The summed E-state index contributed by atoms with van der Waals surface area (Å²) in [5.74, 6) is 0.250. The molecule has 0 fully saturated rings. The van der Waals surface area contributed by atoms with E-state index in [0.29, 0.717) is 32.4 Å². The first-order chi connectivity index (χ1) is 16.1. The molecular formula is C25H23ClN2O5S. The predicted octanol–water partition coefficient (Wildman–Crippen LogP) is 5.50. The van der Waals surface area contributed by atoms with Crippen molar-refractivity contribution in [1.82, 2.24) is 9.55 Å². The SMILES string of the molecule is COc1cc(-n2cnc3cc(-c4ccc(Cl)cc4)sc3c2=O)ccc1OCC(=O)OC(C)(C)C. The highest BCUT2D eigenvalue weighted by Gasteiger charge is 2.18. The summed E-state index contributed by atoms with van der Waals surface area (Å²) in [5.41, 5.74) is 1.35. The fourth-order valence-electron chi connectivity index (χ4n) is 3.29. The average Bonchev–Trinajstić information content (AvgIpc) is 3.22. The van der Waals surface area contributed by atoms with E-state index in [-0.39, 0.29) is 12.2 Å². The van der Waals surface area contributed by atoms with Gasteiger partial charge < -0.3 is 14.2 Å². The van der Waals surface area contributed by atoms with Gasteiger partial charge in [-0.3, -0.25) is 9.36 Å². The van der Waals surface area contributed by atoms with Crippen LogP contribution in [0.5, 0.6) is 11.5 Å². The molecule has 0 aliphatic carbocycles. The Morgan fingerprint density at radius 2 is 1.82 bits per heavy atom. The second kappa shape index (κ2) is 9.48. The van der Waals surface area contributed by atoms with Gasteiger partial charge >= 0.3 is 5.97 Å². The first-order valence-electron chi connectivity index (χ1n) is 10.4. The van der Waals surface area contributed by atoms with E-state index in [2.05, 4.69) is 4.98 Å². The molecule has 0 aliphatic heterocycles. The number of halogens is 1. The van der Waals surface area contributed by atoms with Crippen molar-refractivity contribution in [2.45, 2.75) is 26.4 Å². The summed E-state index contributed by atoms with van der Waals surface area (Å²) in [6.07, 6.45) is 1.49. The van der Waals surface area contributed by atoms with Crippen LogP contribution in [0.3, 0.4) is 0 Å². The summed E-state index contributed by atoms with van der Waals surface area (Å²) in [4.78, 5) is 30.6. The van der Waals surface area contributed by atoms with Crippen LogP contribution in [0.2, 0.25) is 5.02 Å². The molecule has 0 saturated carbocycles. The zero-order valence-electron chi connectivity index (χ0n) is 19.1. The largest absolute Gasteiger partial charge is 0.493 e. The molecule has 0 unspecified atom stereocenters. The van der Waals surface area contributed by atoms with Crippen molar-refractivity contribution in [3.63, 3.8) is 0 Å². The van der Waals surface area contributed by atoms with Crippen molar-refractivity contribution in [3.05, 3.63) is 70.2 Å². The van der Waals surface area contributed by atoms with Crippen molar-refractivity contribution < 1.29 is 19.0 Å². The number of benzene rings is 2. The van der Waals surface area contributed by atoms with Gasteiger partial charge in [0.2, 0.25) is 0 Å². The van der Waals surface area contributed by atoms with E-state index < -0.39 is 11.6 Å². The van der Waals surface area contributed by atoms with Crippen LogP contribution in [0.1, 0.15) is 20.8 Å². The lowest BCUT2D eigenvalue weighted by Crippen LogP contribution is -2.27. The van der Waals surface area contributed by atoms with Gasteiger partial charge in [-0.25, -0.2) is 9.78 Å². The van der Waals surface area contributed by atoms with Gasteiger partial charge in [-0.1, -0.05) is 23.7 Å². The number of fused-ring (bicyclic) bond motifs is 1. The number of nitrogens with zero attached hydrogens (tertiary/aromatic N) is 2. The molecule has 4 rings (SSSR count). The first kappa shape index (κ1) is 23.8. The smallest absolute Gasteiger partial charge is 0.344 e. The van der Waals surface area contributed by atoms with Crippen LogP contribution in [-0.2, 0) is 9.53 Å². The number of aromatic nitrogens is 2. The van der Waals surface area contributed by atoms with Gasteiger partial charge in [0.15, 0.2) is 18.1 Å². The second-order valence-corrected chi connectivity index (χ2v) is 9.95. The van der Waals surface area contributed by atoms with Crippen LogP contribution < -0.4 is 15.0 Å². The van der Waals surface area contributed by atoms with Gasteiger partial charge in [0.25, 0.3) is 5.56 Å². The van der Waals surface area contributed by atoms with Gasteiger partial charge in [0.05, 0.1) is 18.3 Å². The average molecular weight is 499 g/mol. The molecule has 0 bridgehead atoms. The Morgan fingerprint density at radius 1 is 1.09 bits per heavy atom. The Kier molecular flexibility index (Phi) is 6.63. The molecule has 0 amide bonds. The minimum Gasteiger partial charge on any atom is -0.493 e. The van der Waals surface area contributed by atoms with Gasteiger partial charge in [-0.15, -0.1) is 11.3 Å². The molecule has 0 radical (unpaired) electrons. The van der Waals surface area contributed by atoms with Crippen molar-refractivity contribution in [2.24, 2.45) is 0 Å². The van der Waals surface area contributed by atoms with Crippen molar-refractivity contribution in [2.75, 3.05) is 13.7 Å². The van der Waals surface area contributed by atoms with E-state index in [1.807, 2.05) is 30.3 Å². The van der Waals surface area contributed by atoms with Crippen LogP contribution in [0.4, 0.5) is 0 Å². The van der Waals surface area contributed by atoms with Gasteiger partial charge in [0.1, 0.15) is 16.6 Å². The fraction of sp³-hybridized carbons (Fsp3) is 0.240. The van der Waals surface area contributed by atoms with E-state index in [0.717, 1.165) is 10.4 Å². The molecule has 2 aromatic carbocycles. The number of hydrogen-bond donors (Lipinski definition) is 0. The van der Waals surface area contributed by atoms with E-state index in [1.165, 1.54) is 29.3 Å². The maximum atomic E-state index is 13.2. The van der Waals surface area contributed by atoms with Crippen LogP contribution in [0, 0.1) is 0 Å². The Morgan fingerprint density at radius 3 is 2.50 bits per heavy atom. The Hall–Kier alpha value is -3.36. The van der Waals surface area contributed by atoms with Crippen molar-refractivity contribution in [3.8, 4) is 27.6 Å². The number of rotatable bonds is 6. The van der Waals surface area contributed by atoms with Gasteiger partial charge in [-0.2, -0.15) is 0 Å². The quantitative estimate of drug-likeness (QED) is 0.327. The molecule has 0 aliphatic rings. The summed E-state index contributed by atoms with van der Waals surface area (Å²) in [5, 5.41) is 0.651. The lowest BCUT2D eigenvalue weighted by Gasteiger charge is -2.20. The molecule has 0 atom stereocenters. The minimum absolute atomic E-state index is 0.195. The summed E-state index contributed by atoms with van der Waals surface area (Å²) in [6, 6.07) is 14.3. The lowest BCUT2D eigenvalue weighted by atomic mass is 10.2. The van der Waals surface area contributed by atoms with Crippen LogP contribution in [-0.4, -0.2) is 34.8 Å². The molecule has 0 saturated heterocycles. The second-order valence-electron chi connectivity index (χ2n) is 8.46.